The SMILES string of the molecule is CC(O)c1cc(Br)cc(F)c1Cl. The lowest BCUT2D eigenvalue weighted by atomic mass is 10.1. The van der Waals surface area contributed by atoms with Crippen LogP contribution in [0.15, 0.2) is 16.6 Å². The quantitative estimate of drug-likeness (QED) is 0.762. The van der Waals surface area contributed by atoms with Gasteiger partial charge in [-0.3, -0.25) is 0 Å². The first-order chi connectivity index (χ1) is 5.52. The number of rotatable bonds is 1. The van der Waals surface area contributed by atoms with Gasteiger partial charge in [-0.2, -0.15) is 0 Å². The van der Waals surface area contributed by atoms with E-state index in [0.717, 1.165) is 0 Å². The Hall–Kier alpha value is -0.120. The molecule has 0 spiro atoms. The molecule has 1 unspecified atom stereocenters. The van der Waals surface area contributed by atoms with Crippen LogP contribution in [0.25, 0.3) is 0 Å². The number of halogens is 3. The van der Waals surface area contributed by atoms with Gasteiger partial charge < -0.3 is 5.11 Å². The van der Waals surface area contributed by atoms with Gasteiger partial charge >= 0.3 is 0 Å². The third-order valence-corrected chi connectivity index (χ3v) is 2.33. The summed E-state index contributed by atoms with van der Waals surface area (Å²) in [7, 11) is 0. The first kappa shape index (κ1) is 9.96. The molecule has 0 heterocycles. The summed E-state index contributed by atoms with van der Waals surface area (Å²) in [4.78, 5) is 0. The minimum Gasteiger partial charge on any atom is -0.389 e. The van der Waals surface area contributed by atoms with Gasteiger partial charge in [0.25, 0.3) is 0 Å². The molecule has 1 N–H and O–H groups in total. The van der Waals surface area contributed by atoms with Crippen LogP contribution in [0.5, 0.6) is 0 Å². The summed E-state index contributed by atoms with van der Waals surface area (Å²) >= 11 is 8.71. The van der Waals surface area contributed by atoms with Crippen LogP contribution in [-0.2, 0) is 0 Å². The maximum Gasteiger partial charge on any atom is 0.143 e. The van der Waals surface area contributed by atoms with E-state index in [4.69, 9.17) is 11.6 Å². The molecule has 4 heteroatoms. The zero-order valence-corrected chi connectivity index (χ0v) is 8.66. The fourth-order valence-corrected chi connectivity index (χ4v) is 1.59. The molecule has 0 aromatic heterocycles. The minimum atomic E-state index is -0.760. The summed E-state index contributed by atoms with van der Waals surface area (Å²) in [6.07, 6.45) is -0.760. The van der Waals surface area contributed by atoms with E-state index in [-0.39, 0.29) is 5.02 Å². The lowest BCUT2D eigenvalue weighted by molar-refractivity contribution is 0.199. The van der Waals surface area contributed by atoms with Crippen molar-refractivity contribution in [3.05, 3.63) is 33.0 Å². The van der Waals surface area contributed by atoms with Crippen molar-refractivity contribution in [3.63, 3.8) is 0 Å². The second-order valence-corrected chi connectivity index (χ2v) is 3.76. The van der Waals surface area contributed by atoms with Crippen molar-refractivity contribution in [2.45, 2.75) is 13.0 Å². The van der Waals surface area contributed by atoms with Gasteiger partial charge in [-0.15, -0.1) is 0 Å². The highest BCUT2D eigenvalue weighted by molar-refractivity contribution is 9.10. The second-order valence-electron chi connectivity index (χ2n) is 2.47. The molecule has 66 valence electrons. The number of aliphatic hydroxyl groups excluding tert-OH is 1. The molecular weight excluding hydrogens is 246 g/mol. The smallest absolute Gasteiger partial charge is 0.143 e. The molecule has 1 aromatic carbocycles. The molecule has 0 saturated heterocycles. The predicted octanol–water partition coefficient (Wildman–Crippen LogP) is 3.29. The third kappa shape index (κ3) is 1.97. The van der Waals surface area contributed by atoms with Crippen molar-refractivity contribution < 1.29 is 9.50 Å². The number of benzene rings is 1. The van der Waals surface area contributed by atoms with Crippen LogP contribution in [0.3, 0.4) is 0 Å². The Morgan fingerprint density at radius 1 is 1.58 bits per heavy atom. The zero-order valence-electron chi connectivity index (χ0n) is 6.31. The van der Waals surface area contributed by atoms with Gasteiger partial charge in [0.2, 0.25) is 0 Å². The summed E-state index contributed by atoms with van der Waals surface area (Å²) < 4.78 is 13.5. The molecule has 1 rings (SSSR count). The highest BCUT2D eigenvalue weighted by Gasteiger charge is 2.11. The van der Waals surface area contributed by atoms with Crippen molar-refractivity contribution in [2.75, 3.05) is 0 Å². The molecule has 0 fully saturated rings. The first-order valence-corrected chi connectivity index (χ1v) is 4.52. The molecule has 0 aliphatic heterocycles. The van der Waals surface area contributed by atoms with E-state index in [2.05, 4.69) is 15.9 Å². The van der Waals surface area contributed by atoms with Crippen molar-refractivity contribution in [2.24, 2.45) is 0 Å². The fourth-order valence-electron chi connectivity index (χ4n) is 0.880. The molecule has 1 aromatic rings. The number of hydrogen-bond acceptors (Lipinski definition) is 1. The largest absolute Gasteiger partial charge is 0.389 e. The average molecular weight is 253 g/mol. The van der Waals surface area contributed by atoms with Gasteiger partial charge in [0, 0.05) is 10.0 Å². The van der Waals surface area contributed by atoms with Gasteiger partial charge in [-0.05, 0) is 19.1 Å². The Morgan fingerprint density at radius 2 is 2.17 bits per heavy atom. The molecule has 1 nitrogen and oxygen atoms in total. The van der Waals surface area contributed by atoms with E-state index in [9.17, 15) is 9.50 Å². The van der Waals surface area contributed by atoms with Gasteiger partial charge in [0.15, 0.2) is 0 Å². The van der Waals surface area contributed by atoms with E-state index in [1.165, 1.54) is 13.0 Å². The average Bonchev–Trinajstić information content (AvgIpc) is 1.96. The van der Waals surface area contributed by atoms with Crippen LogP contribution in [-0.4, -0.2) is 5.11 Å². The van der Waals surface area contributed by atoms with E-state index >= 15 is 0 Å². The highest BCUT2D eigenvalue weighted by Crippen LogP contribution is 2.28. The summed E-state index contributed by atoms with van der Waals surface area (Å²) in [6.45, 7) is 1.53. The van der Waals surface area contributed by atoms with Crippen LogP contribution in [0.2, 0.25) is 5.02 Å². The zero-order chi connectivity index (χ0) is 9.30. The maximum atomic E-state index is 12.9. The molecule has 0 aliphatic carbocycles. The molecule has 0 amide bonds. The van der Waals surface area contributed by atoms with Crippen LogP contribution < -0.4 is 0 Å². The third-order valence-electron chi connectivity index (χ3n) is 1.47. The summed E-state index contributed by atoms with van der Waals surface area (Å²) in [5, 5.41) is 9.16. The molecule has 12 heavy (non-hydrogen) atoms. The topological polar surface area (TPSA) is 20.2 Å². The lowest BCUT2D eigenvalue weighted by Gasteiger charge is -2.08. The Labute approximate surface area is 83.3 Å². The molecule has 0 bridgehead atoms. The minimum absolute atomic E-state index is 0.0202. The summed E-state index contributed by atoms with van der Waals surface area (Å²) in [5.41, 5.74) is 0.392. The van der Waals surface area contributed by atoms with Crippen LogP contribution in [0.1, 0.15) is 18.6 Å². The van der Waals surface area contributed by atoms with Crippen molar-refractivity contribution in [3.8, 4) is 0 Å². The molecular formula is C8H7BrClFO. The first-order valence-electron chi connectivity index (χ1n) is 3.35. The van der Waals surface area contributed by atoms with Crippen LogP contribution >= 0.6 is 27.5 Å². The fraction of sp³-hybridized carbons (Fsp3) is 0.250. The van der Waals surface area contributed by atoms with E-state index < -0.39 is 11.9 Å². The summed E-state index contributed by atoms with van der Waals surface area (Å²) in [6, 6.07) is 2.85. The predicted molar refractivity (Wildman–Crippen MR) is 49.7 cm³/mol. The van der Waals surface area contributed by atoms with E-state index in [1.807, 2.05) is 0 Å². The monoisotopic (exact) mass is 252 g/mol. The maximum absolute atomic E-state index is 12.9. The van der Waals surface area contributed by atoms with Crippen molar-refractivity contribution >= 4 is 27.5 Å². The van der Waals surface area contributed by atoms with Crippen molar-refractivity contribution in [1.29, 1.82) is 0 Å². The summed E-state index contributed by atoms with van der Waals surface area (Å²) in [5.74, 6) is -0.526. The number of aliphatic hydroxyl groups is 1. The molecule has 0 saturated carbocycles. The Kier molecular flexibility index (Phi) is 3.09. The molecule has 0 aliphatic rings. The van der Waals surface area contributed by atoms with Gasteiger partial charge in [-0.1, -0.05) is 27.5 Å². The van der Waals surface area contributed by atoms with E-state index in [1.54, 1.807) is 6.07 Å². The van der Waals surface area contributed by atoms with Gasteiger partial charge in [0.1, 0.15) is 5.82 Å². The Bertz CT molecular complexity index is 301. The Balaban J connectivity index is 3.28. The molecule has 0 radical (unpaired) electrons. The van der Waals surface area contributed by atoms with Gasteiger partial charge in [0.05, 0.1) is 11.1 Å². The number of hydrogen-bond donors (Lipinski definition) is 1. The van der Waals surface area contributed by atoms with E-state index in [0.29, 0.717) is 10.0 Å². The van der Waals surface area contributed by atoms with Gasteiger partial charge in [-0.25, -0.2) is 4.39 Å². The molecule has 1 atom stereocenters. The van der Waals surface area contributed by atoms with Crippen molar-refractivity contribution in [1.82, 2.24) is 0 Å². The normalized spacial score (nSPS) is 13.1. The van der Waals surface area contributed by atoms with Crippen LogP contribution in [0.4, 0.5) is 4.39 Å². The highest BCUT2D eigenvalue weighted by atomic mass is 79.9. The second kappa shape index (κ2) is 3.73. The van der Waals surface area contributed by atoms with Crippen LogP contribution in [0, 0.1) is 5.82 Å². The standard InChI is InChI=1S/C8H7BrClFO/c1-4(12)6-2-5(9)3-7(11)8(6)10/h2-4,12H,1H3. The Morgan fingerprint density at radius 3 is 2.67 bits per heavy atom. The lowest BCUT2D eigenvalue weighted by Crippen LogP contribution is -1.94.